The van der Waals surface area contributed by atoms with Crippen molar-refractivity contribution in [1.82, 2.24) is 10.6 Å². The van der Waals surface area contributed by atoms with Gasteiger partial charge in [-0.15, -0.1) is 0 Å². The third kappa shape index (κ3) is 7.78. The number of hydrogen-bond acceptors (Lipinski definition) is 3. The van der Waals surface area contributed by atoms with Crippen LogP contribution >= 0.6 is 28.1 Å². The molecule has 1 amide bonds. The van der Waals surface area contributed by atoms with E-state index in [1.54, 1.807) is 12.1 Å². The van der Waals surface area contributed by atoms with Gasteiger partial charge in [-0.1, -0.05) is 63.4 Å². The summed E-state index contributed by atoms with van der Waals surface area (Å²) >= 11 is 8.84. The highest BCUT2D eigenvalue weighted by molar-refractivity contribution is 9.10. The van der Waals surface area contributed by atoms with Crippen molar-refractivity contribution in [1.29, 1.82) is 0 Å². The lowest BCUT2D eigenvalue weighted by atomic mass is 10.1. The largest absolute Gasteiger partial charge is 0.492 e. The molecule has 2 N–H and O–H groups in total. The summed E-state index contributed by atoms with van der Waals surface area (Å²) in [5.41, 5.74) is 1.65. The molecule has 0 aliphatic carbocycles. The lowest BCUT2D eigenvalue weighted by Crippen LogP contribution is -2.40. The molecule has 29 heavy (non-hydrogen) atoms. The first-order valence-electron chi connectivity index (χ1n) is 10.1. The van der Waals surface area contributed by atoms with Crippen molar-refractivity contribution in [2.24, 2.45) is 0 Å². The number of carbonyl (C=O) groups excluding carboxylic acids is 1. The van der Waals surface area contributed by atoms with Crippen molar-refractivity contribution in [2.75, 3.05) is 6.61 Å². The monoisotopic (exact) mass is 476 g/mol. The predicted octanol–water partition coefficient (Wildman–Crippen LogP) is 6.16. The van der Waals surface area contributed by atoms with E-state index in [0.717, 1.165) is 28.6 Å². The normalized spacial score (nSPS) is 11.6. The van der Waals surface area contributed by atoms with Crippen LogP contribution in [0.3, 0.4) is 0 Å². The number of carbonyl (C=O) groups is 1. The van der Waals surface area contributed by atoms with Crippen molar-refractivity contribution < 1.29 is 9.53 Å². The Morgan fingerprint density at radius 2 is 1.86 bits per heavy atom. The van der Waals surface area contributed by atoms with E-state index < -0.39 is 0 Å². The topological polar surface area (TPSA) is 50.4 Å². The molecule has 1 unspecified atom stereocenters. The third-order valence-corrected chi connectivity index (χ3v) is 5.43. The number of benzene rings is 2. The average molecular weight is 477 g/mol. The number of halogens is 1. The number of nitrogens with one attached hydrogen (secondary N) is 2. The lowest BCUT2D eigenvalue weighted by Gasteiger charge is -2.19. The van der Waals surface area contributed by atoms with E-state index in [1.165, 1.54) is 19.3 Å². The molecule has 6 heteroatoms. The van der Waals surface area contributed by atoms with Gasteiger partial charge in [-0.25, -0.2) is 0 Å². The maximum Gasteiger partial charge on any atom is 0.257 e. The van der Waals surface area contributed by atoms with Gasteiger partial charge in [0, 0.05) is 5.56 Å². The van der Waals surface area contributed by atoms with Crippen LogP contribution in [0.2, 0.25) is 0 Å². The summed E-state index contributed by atoms with van der Waals surface area (Å²) in [6.07, 6.45) is 5.48. The van der Waals surface area contributed by atoms with Gasteiger partial charge in [0.25, 0.3) is 5.91 Å². The van der Waals surface area contributed by atoms with Crippen LogP contribution in [0, 0.1) is 0 Å². The van der Waals surface area contributed by atoms with E-state index >= 15 is 0 Å². The minimum absolute atomic E-state index is 0.0548. The molecular formula is C23H29BrN2O2S. The van der Waals surface area contributed by atoms with Crippen LogP contribution in [0.15, 0.2) is 53.0 Å². The Morgan fingerprint density at radius 1 is 1.10 bits per heavy atom. The zero-order valence-electron chi connectivity index (χ0n) is 17.0. The molecule has 2 aromatic carbocycles. The lowest BCUT2D eigenvalue weighted by molar-refractivity contribution is 0.0976. The van der Waals surface area contributed by atoms with Crippen molar-refractivity contribution >= 4 is 39.2 Å². The Bertz CT molecular complexity index is 799. The average Bonchev–Trinajstić information content (AvgIpc) is 2.73. The summed E-state index contributed by atoms with van der Waals surface area (Å²) in [5, 5.41) is 6.30. The summed E-state index contributed by atoms with van der Waals surface area (Å²) in [5.74, 6) is 0.495. The molecule has 0 saturated carbocycles. The number of thiocarbonyl (C=S) groups is 1. The zero-order valence-corrected chi connectivity index (χ0v) is 19.4. The maximum absolute atomic E-state index is 12.6. The fourth-order valence-corrected chi connectivity index (χ4v) is 3.67. The minimum atomic E-state index is -0.249. The molecule has 0 aliphatic heterocycles. The van der Waals surface area contributed by atoms with Crippen LogP contribution in [0.1, 0.15) is 67.9 Å². The number of unbranched alkanes of at least 4 members (excludes halogenated alkanes) is 3. The highest BCUT2D eigenvalue weighted by atomic mass is 79.9. The van der Waals surface area contributed by atoms with Crippen LogP contribution in [0.5, 0.6) is 5.75 Å². The van der Waals surface area contributed by atoms with Crippen LogP contribution in [0.25, 0.3) is 0 Å². The first-order chi connectivity index (χ1) is 14.0. The molecule has 4 nitrogen and oxygen atoms in total. The van der Waals surface area contributed by atoms with Gasteiger partial charge in [0.1, 0.15) is 5.75 Å². The highest BCUT2D eigenvalue weighted by Crippen LogP contribution is 2.26. The summed E-state index contributed by atoms with van der Waals surface area (Å²) in [6.45, 7) is 4.94. The Morgan fingerprint density at radius 3 is 2.52 bits per heavy atom. The first-order valence-corrected chi connectivity index (χ1v) is 11.3. The fraction of sp³-hybridized carbons (Fsp3) is 0.391. The second kappa shape index (κ2) is 12.6. The van der Waals surface area contributed by atoms with Crippen LogP contribution in [0.4, 0.5) is 0 Å². The molecule has 0 fully saturated rings. The predicted molar refractivity (Wildman–Crippen MR) is 126 cm³/mol. The van der Waals surface area contributed by atoms with Crippen molar-refractivity contribution in [2.45, 2.75) is 52.0 Å². The van der Waals surface area contributed by atoms with Gasteiger partial charge in [-0.2, -0.15) is 0 Å². The minimum Gasteiger partial charge on any atom is -0.492 e. The van der Waals surface area contributed by atoms with Gasteiger partial charge in [0.2, 0.25) is 0 Å². The Kier molecular flexibility index (Phi) is 10.2. The van der Waals surface area contributed by atoms with E-state index in [1.807, 2.05) is 36.4 Å². The highest BCUT2D eigenvalue weighted by Gasteiger charge is 2.14. The van der Waals surface area contributed by atoms with Crippen molar-refractivity contribution in [3.8, 4) is 5.75 Å². The Labute approximate surface area is 187 Å². The number of ether oxygens (including phenoxy) is 1. The molecule has 0 spiro atoms. The summed E-state index contributed by atoms with van der Waals surface area (Å²) < 4.78 is 6.56. The molecule has 0 heterocycles. The molecular weight excluding hydrogens is 448 g/mol. The van der Waals surface area contributed by atoms with E-state index in [0.29, 0.717) is 17.3 Å². The van der Waals surface area contributed by atoms with Crippen LogP contribution < -0.4 is 15.4 Å². The molecule has 156 valence electrons. The molecule has 1 atom stereocenters. The van der Waals surface area contributed by atoms with Crippen molar-refractivity contribution in [3.05, 3.63) is 64.1 Å². The van der Waals surface area contributed by atoms with Gasteiger partial charge >= 0.3 is 0 Å². The third-order valence-electron chi connectivity index (χ3n) is 4.59. The zero-order chi connectivity index (χ0) is 21.1. The van der Waals surface area contributed by atoms with E-state index in [4.69, 9.17) is 17.0 Å². The number of hydrogen-bond donors (Lipinski definition) is 2. The Balaban J connectivity index is 1.89. The quantitative estimate of drug-likeness (QED) is 0.318. The van der Waals surface area contributed by atoms with Crippen LogP contribution in [-0.4, -0.2) is 17.6 Å². The second-order valence-electron chi connectivity index (χ2n) is 6.85. The Hall–Kier alpha value is -1.92. The molecule has 0 saturated heterocycles. The second-order valence-corrected chi connectivity index (χ2v) is 8.12. The van der Waals surface area contributed by atoms with Gasteiger partial charge in [-0.3, -0.25) is 10.1 Å². The van der Waals surface area contributed by atoms with Crippen LogP contribution in [-0.2, 0) is 0 Å². The summed E-state index contributed by atoms with van der Waals surface area (Å²) in [6, 6.07) is 15.4. The molecule has 0 aliphatic rings. The molecule has 2 rings (SSSR count). The van der Waals surface area contributed by atoms with Gasteiger partial charge in [-0.05, 0) is 64.8 Å². The molecule has 0 aromatic heterocycles. The maximum atomic E-state index is 12.6. The number of rotatable bonds is 10. The summed E-state index contributed by atoms with van der Waals surface area (Å²) in [7, 11) is 0. The summed E-state index contributed by atoms with van der Waals surface area (Å²) in [4.78, 5) is 12.6. The van der Waals surface area contributed by atoms with Gasteiger partial charge in [0.05, 0.1) is 17.1 Å². The number of amides is 1. The SMILES string of the molecule is CCCCCCOc1ccc(C(=O)NC(=S)NC(CC)c2ccccc2)cc1Br. The standard InChI is InChI=1S/C23H29BrN2O2S/c1-3-5-6-10-15-28-21-14-13-18(16-19(21)24)22(27)26-23(29)25-20(4-2)17-11-8-7-9-12-17/h7-9,11-14,16,20H,3-6,10,15H2,1-2H3,(H2,25,26,27,29). The smallest absolute Gasteiger partial charge is 0.257 e. The van der Waals surface area contributed by atoms with Gasteiger partial charge < -0.3 is 10.1 Å². The van der Waals surface area contributed by atoms with E-state index in [9.17, 15) is 4.79 Å². The van der Waals surface area contributed by atoms with E-state index in [-0.39, 0.29) is 11.9 Å². The molecule has 0 bridgehead atoms. The molecule has 2 aromatic rings. The fourth-order valence-electron chi connectivity index (χ4n) is 2.95. The van der Waals surface area contributed by atoms with E-state index in [2.05, 4.69) is 40.4 Å². The first kappa shape index (κ1) is 23.4. The van der Waals surface area contributed by atoms with Crippen molar-refractivity contribution in [3.63, 3.8) is 0 Å². The molecule has 0 radical (unpaired) electrons. The van der Waals surface area contributed by atoms with Gasteiger partial charge in [0.15, 0.2) is 5.11 Å².